The van der Waals surface area contributed by atoms with E-state index in [4.69, 9.17) is 17.0 Å². The van der Waals surface area contributed by atoms with Crippen LogP contribution >= 0.6 is 24.0 Å². The first-order chi connectivity index (χ1) is 12.4. The minimum atomic E-state index is -0.477. The largest absolute Gasteiger partial charge is 0.488 e. The van der Waals surface area contributed by atoms with Crippen LogP contribution in [0, 0.1) is 17.0 Å². The van der Waals surface area contributed by atoms with Gasteiger partial charge in [0.15, 0.2) is 0 Å². The molecule has 0 atom stereocenters. The van der Waals surface area contributed by atoms with Crippen LogP contribution in [0.5, 0.6) is 5.75 Å². The number of nitro groups is 1. The number of amides is 1. The molecule has 0 spiro atoms. The molecule has 1 aliphatic rings. The van der Waals surface area contributed by atoms with Crippen molar-refractivity contribution in [3.8, 4) is 5.75 Å². The van der Waals surface area contributed by atoms with E-state index in [0.29, 0.717) is 27.8 Å². The summed E-state index contributed by atoms with van der Waals surface area (Å²) in [6, 6.07) is 12.2. The number of aryl methyl sites for hydroxylation is 1. The molecule has 1 N–H and O–H groups in total. The van der Waals surface area contributed by atoms with Crippen molar-refractivity contribution in [3.05, 3.63) is 74.2 Å². The Morgan fingerprint density at radius 1 is 1.27 bits per heavy atom. The summed E-state index contributed by atoms with van der Waals surface area (Å²) in [5, 5.41) is 13.3. The number of thioether (sulfide) groups is 1. The van der Waals surface area contributed by atoms with Gasteiger partial charge in [-0.25, -0.2) is 0 Å². The third-order valence-corrected chi connectivity index (χ3v) is 4.93. The van der Waals surface area contributed by atoms with Crippen LogP contribution in [0.4, 0.5) is 10.5 Å². The molecule has 26 heavy (non-hydrogen) atoms. The molecule has 1 aliphatic heterocycles. The summed E-state index contributed by atoms with van der Waals surface area (Å²) in [6.07, 6.45) is 1.63. The van der Waals surface area contributed by atoms with Crippen LogP contribution in [0.1, 0.15) is 16.7 Å². The second-order valence-corrected chi connectivity index (χ2v) is 7.03. The number of ether oxygens (including phenoxy) is 1. The number of hydrogen-bond acceptors (Lipinski definition) is 6. The molecule has 0 aliphatic carbocycles. The molecule has 1 fully saturated rings. The van der Waals surface area contributed by atoms with E-state index in [1.807, 2.05) is 31.2 Å². The molecule has 132 valence electrons. The number of nitrogens with zero attached hydrogens (tertiary/aromatic N) is 1. The van der Waals surface area contributed by atoms with Crippen LogP contribution in [0.25, 0.3) is 6.08 Å². The van der Waals surface area contributed by atoms with Crippen molar-refractivity contribution in [2.24, 2.45) is 0 Å². The van der Waals surface area contributed by atoms with Gasteiger partial charge >= 0.3 is 0 Å². The summed E-state index contributed by atoms with van der Waals surface area (Å²) >= 11 is 6.05. The molecule has 1 saturated heterocycles. The van der Waals surface area contributed by atoms with E-state index in [1.54, 1.807) is 12.1 Å². The summed E-state index contributed by atoms with van der Waals surface area (Å²) in [7, 11) is 0. The summed E-state index contributed by atoms with van der Waals surface area (Å²) in [6.45, 7) is 2.33. The Balaban J connectivity index is 1.90. The zero-order valence-corrected chi connectivity index (χ0v) is 15.4. The number of rotatable bonds is 5. The van der Waals surface area contributed by atoms with Crippen molar-refractivity contribution in [1.82, 2.24) is 5.32 Å². The Labute approximate surface area is 159 Å². The first-order valence-corrected chi connectivity index (χ1v) is 8.86. The minimum Gasteiger partial charge on any atom is -0.488 e. The fourth-order valence-corrected chi connectivity index (χ4v) is 3.33. The fourth-order valence-electron chi connectivity index (χ4n) is 2.30. The topological polar surface area (TPSA) is 81.5 Å². The van der Waals surface area contributed by atoms with Crippen LogP contribution in [-0.2, 0) is 6.61 Å². The molecular formula is C18H14N2O4S2. The summed E-state index contributed by atoms with van der Waals surface area (Å²) in [4.78, 5) is 22.9. The number of nitrogens with one attached hydrogen (secondary N) is 1. The maximum atomic E-state index is 11.4. The van der Waals surface area contributed by atoms with Gasteiger partial charge in [0, 0.05) is 17.7 Å². The van der Waals surface area contributed by atoms with Gasteiger partial charge in [0.25, 0.3) is 10.9 Å². The average molecular weight is 386 g/mol. The van der Waals surface area contributed by atoms with Gasteiger partial charge in [0.1, 0.15) is 17.3 Å². The lowest BCUT2D eigenvalue weighted by atomic mass is 10.1. The summed E-state index contributed by atoms with van der Waals surface area (Å²) in [5.74, 6) is 0.478. The van der Waals surface area contributed by atoms with E-state index < -0.39 is 4.92 Å². The molecule has 0 radical (unpaired) electrons. The maximum absolute atomic E-state index is 11.4. The highest BCUT2D eigenvalue weighted by atomic mass is 32.2. The van der Waals surface area contributed by atoms with Crippen LogP contribution in [0.3, 0.4) is 0 Å². The van der Waals surface area contributed by atoms with Gasteiger partial charge in [0.05, 0.1) is 9.83 Å². The van der Waals surface area contributed by atoms with E-state index in [-0.39, 0.29) is 10.9 Å². The highest BCUT2D eigenvalue weighted by Crippen LogP contribution is 2.32. The Hall–Kier alpha value is -2.71. The standard InChI is InChI=1S/C18H14N2O4S2/c1-11-2-4-12(5-3-11)10-24-15-7-6-14(20(22)23)8-13(15)9-16-17(25)19-18(21)26-16/h2-9H,10H2,1H3,(H,19,21,25)/b16-9+. The fraction of sp³-hybridized carbons (Fsp3) is 0.111. The summed E-state index contributed by atoms with van der Waals surface area (Å²) in [5.41, 5.74) is 2.56. The zero-order valence-electron chi connectivity index (χ0n) is 13.7. The molecule has 0 bridgehead atoms. The number of nitro benzene ring substituents is 1. The molecule has 6 nitrogen and oxygen atoms in total. The Morgan fingerprint density at radius 2 is 2.00 bits per heavy atom. The molecule has 0 aromatic heterocycles. The first-order valence-electron chi connectivity index (χ1n) is 7.64. The van der Waals surface area contributed by atoms with Crippen molar-refractivity contribution in [1.29, 1.82) is 0 Å². The number of carbonyl (C=O) groups is 1. The SMILES string of the molecule is Cc1ccc(COc2ccc([N+](=O)[O-])cc2/C=C2/SC(=O)NC2=S)cc1. The number of hydrogen-bond donors (Lipinski definition) is 1. The number of thiocarbonyl (C=S) groups is 1. The third kappa shape index (κ3) is 4.27. The third-order valence-electron chi connectivity index (χ3n) is 3.65. The van der Waals surface area contributed by atoms with Crippen LogP contribution in [0.2, 0.25) is 0 Å². The molecule has 0 saturated carbocycles. The Morgan fingerprint density at radius 3 is 2.62 bits per heavy atom. The first kappa shape index (κ1) is 18.1. The lowest BCUT2D eigenvalue weighted by molar-refractivity contribution is -0.384. The van der Waals surface area contributed by atoms with Crippen molar-refractivity contribution < 1.29 is 14.5 Å². The van der Waals surface area contributed by atoms with E-state index in [2.05, 4.69) is 5.32 Å². The van der Waals surface area contributed by atoms with Crippen LogP contribution < -0.4 is 10.1 Å². The lowest BCUT2D eigenvalue weighted by Crippen LogP contribution is -2.15. The highest BCUT2D eigenvalue weighted by Gasteiger charge is 2.22. The molecule has 3 rings (SSSR count). The molecule has 2 aromatic rings. The van der Waals surface area contributed by atoms with Crippen molar-refractivity contribution in [2.45, 2.75) is 13.5 Å². The number of carbonyl (C=O) groups excluding carboxylic acids is 1. The second kappa shape index (κ2) is 7.67. The Bertz CT molecular complexity index is 923. The predicted molar refractivity (Wildman–Crippen MR) is 105 cm³/mol. The van der Waals surface area contributed by atoms with Gasteiger partial charge in [-0.2, -0.15) is 0 Å². The molecule has 2 aromatic carbocycles. The highest BCUT2D eigenvalue weighted by molar-refractivity contribution is 8.19. The molecule has 8 heteroatoms. The van der Waals surface area contributed by atoms with E-state index in [0.717, 1.165) is 22.9 Å². The second-order valence-electron chi connectivity index (χ2n) is 5.61. The molecular weight excluding hydrogens is 372 g/mol. The molecule has 1 amide bonds. The van der Waals surface area contributed by atoms with Gasteiger partial charge in [-0.1, -0.05) is 42.0 Å². The van der Waals surface area contributed by atoms with E-state index in [9.17, 15) is 14.9 Å². The molecule has 1 heterocycles. The quantitative estimate of drug-likeness (QED) is 0.350. The van der Waals surface area contributed by atoms with Gasteiger partial charge in [-0.05, 0) is 36.4 Å². The average Bonchev–Trinajstić information content (AvgIpc) is 2.92. The molecule has 0 unspecified atom stereocenters. The van der Waals surface area contributed by atoms with Crippen LogP contribution in [0.15, 0.2) is 47.4 Å². The summed E-state index contributed by atoms with van der Waals surface area (Å²) < 4.78 is 5.85. The van der Waals surface area contributed by atoms with Gasteiger partial charge in [0.2, 0.25) is 0 Å². The predicted octanol–water partition coefficient (Wildman–Crippen LogP) is 4.61. The van der Waals surface area contributed by atoms with Crippen LogP contribution in [-0.4, -0.2) is 15.2 Å². The minimum absolute atomic E-state index is 0.0623. The van der Waals surface area contributed by atoms with E-state index in [1.165, 1.54) is 12.1 Å². The normalized spacial score (nSPS) is 15.2. The van der Waals surface area contributed by atoms with Gasteiger partial charge in [-0.3, -0.25) is 14.9 Å². The van der Waals surface area contributed by atoms with Gasteiger partial charge in [-0.15, -0.1) is 0 Å². The van der Waals surface area contributed by atoms with Crippen molar-refractivity contribution >= 4 is 46.0 Å². The van der Waals surface area contributed by atoms with Gasteiger partial charge < -0.3 is 10.1 Å². The van der Waals surface area contributed by atoms with Crippen molar-refractivity contribution in [3.63, 3.8) is 0 Å². The Kier molecular flexibility index (Phi) is 5.34. The zero-order chi connectivity index (χ0) is 18.7. The monoisotopic (exact) mass is 386 g/mol. The number of benzene rings is 2. The lowest BCUT2D eigenvalue weighted by Gasteiger charge is -2.10. The van der Waals surface area contributed by atoms with E-state index >= 15 is 0 Å². The maximum Gasteiger partial charge on any atom is 0.289 e. The smallest absolute Gasteiger partial charge is 0.289 e. The van der Waals surface area contributed by atoms with Crippen molar-refractivity contribution in [2.75, 3.05) is 0 Å². The number of non-ortho nitro benzene ring substituents is 1.